The summed E-state index contributed by atoms with van der Waals surface area (Å²) >= 11 is 0. The molecule has 1 saturated carbocycles. The second-order valence-corrected chi connectivity index (χ2v) is 7.86. The molecule has 27 heavy (non-hydrogen) atoms. The molecule has 1 N–H and O–H groups in total. The smallest absolute Gasteiger partial charge is 0.321 e. The van der Waals surface area contributed by atoms with E-state index in [9.17, 15) is 9.59 Å². The van der Waals surface area contributed by atoms with Crippen molar-refractivity contribution in [1.82, 2.24) is 9.80 Å². The molecule has 3 amide bonds. The summed E-state index contributed by atoms with van der Waals surface area (Å²) in [5.41, 5.74) is 1.78. The zero-order valence-corrected chi connectivity index (χ0v) is 16.4. The summed E-state index contributed by atoms with van der Waals surface area (Å²) in [6.45, 7) is 2.25. The zero-order chi connectivity index (χ0) is 19.2. The van der Waals surface area contributed by atoms with Gasteiger partial charge in [-0.2, -0.15) is 0 Å². The van der Waals surface area contributed by atoms with Crippen LogP contribution in [0.5, 0.6) is 0 Å². The van der Waals surface area contributed by atoms with E-state index in [1.54, 1.807) is 19.0 Å². The summed E-state index contributed by atoms with van der Waals surface area (Å²) in [4.78, 5) is 28.4. The lowest BCUT2D eigenvalue weighted by Crippen LogP contribution is -2.41. The minimum Gasteiger partial charge on any atom is -0.376 e. The number of amides is 3. The lowest BCUT2D eigenvalue weighted by atomic mass is 10.1. The van der Waals surface area contributed by atoms with Gasteiger partial charge < -0.3 is 19.9 Å². The highest BCUT2D eigenvalue weighted by atomic mass is 16.5. The number of benzene rings is 1. The van der Waals surface area contributed by atoms with Crippen molar-refractivity contribution >= 4 is 17.6 Å². The molecule has 0 spiro atoms. The summed E-state index contributed by atoms with van der Waals surface area (Å²) < 4.78 is 5.73. The minimum atomic E-state index is -0.0659. The molecule has 1 aromatic rings. The predicted octanol–water partition coefficient (Wildman–Crippen LogP) is 3.13. The summed E-state index contributed by atoms with van der Waals surface area (Å²) in [5, 5.41) is 3.08. The van der Waals surface area contributed by atoms with Crippen LogP contribution in [-0.2, 0) is 16.0 Å². The average molecular weight is 373 g/mol. The van der Waals surface area contributed by atoms with E-state index in [-0.39, 0.29) is 18.0 Å². The van der Waals surface area contributed by atoms with Crippen LogP contribution < -0.4 is 5.32 Å². The second kappa shape index (κ2) is 9.22. The molecule has 0 bridgehead atoms. The van der Waals surface area contributed by atoms with Crippen molar-refractivity contribution in [2.45, 2.75) is 44.6 Å². The summed E-state index contributed by atoms with van der Waals surface area (Å²) in [6, 6.07) is 7.68. The van der Waals surface area contributed by atoms with Gasteiger partial charge in [0.2, 0.25) is 5.91 Å². The SMILES string of the molecule is CN(C)C(=O)CCc1ccccc1NC(=O)N(CC1CC1)CC1CCCO1. The first-order chi connectivity index (χ1) is 13.0. The van der Waals surface area contributed by atoms with Gasteiger partial charge >= 0.3 is 6.03 Å². The average Bonchev–Trinajstić information content (AvgIpc) is 3.32. The molecule has 3 rings (SSSR count). The molecular formula is C21H31N3O3. The Morgan fingerprint density at radius 1 is 1.15 bits per heavy atom. The highest BCUT2D eigenvalue weighted by molar-refractivity contribution is 5.90. The van der Waals surface area contributed by atoms with E-state index in [2.05, 4.69) is 5.32 Å². The number of carbonyl (C=O) groups excluding carboxylic acids is 2. The number of hydrogen-bond acceptors (Lipinski definition) is 3. The second-order valence-electron chi connectivity index (χ2n) is 7.86. The van der Waals surface area contributed by atoms with Gasteiger partial charge in [0, 0.05) is 45.9 Å². The van der Waals surface area contributed by atoms with E-state index < -0.39 is 0 Å². The molecule has 2 aliphatic rings. The molecule has 1 heterocycles. The van der Waals surface area contributed by atoms with Crippen LogP contribution in [0, 0.1) is 5.92 Å². The first kappa shape index (κ1) is 19.7. The van der Waals surface area contributed by atoms with Gasteiger partial charge in [-0.25, -0.2) is 4.79 Å². The van der Waals surface area contributed by atoms with Crippen molar-refractivity contribution < 1.29 is 14.3 Å². The van der Waals surface area contributed by atoms with Crippen LogP contribution in [-0.4, -0.2) is 61.6 Å². The Bertz CT molecular complexity index is 652. The quantitative estimate of drug-likeness (QED) is 0.761. The van der Waals surface area contributed by atoms with Gasteiger partial charge in [-0.1, -0.05) is 18.2 Å². The van der Waals surface area contributed by atoms with Gasteiger partial charge in [-0.15, -0.1) is 0 Å². The number of carbonyl (C=O) groups is 2. The van der Waals surface area contributed by atoms with E-state index in [1.165, 1.54) is 12.8 Å². The highest BCUT2D eigenvalue weighted by Gasteiger charge is 2.29. The molecule has 148 valence electrons. The Morgan fingerprint density at radius 3 is 2.59 bits per heavy atom. The lowest BCUT2D eigenvalue weighted by molar-refractivity contribution is -0.128. The molecule has 1 aliphatic carbocycles. The number of para-hydroxylation sites is 1. The van der Waals surface area contributed by atoms with Gasteiger partial charge in [0.15, 0.2) is 0 Å². The number of hydrogen-bond donors (Lipinski definition) is 1. The molecule has 1 aromatic carbocycles. The predicted molar refractivity (Wildman–Crippen MR) is 106 cm³/mol. The van der Waals surface area contributed by atoms with Crippen LogP contribution in [0.4, 0.5) is 10.5 Å². The molecule has 0 aromatic heterocycles. The number of anilines is 1. The summed E-state index contributed by atoms with van der Waals surface area (Å²) in [6.07, 6.45) is 5.72. The van der Waals surface area contributed by atoms with E-state index >= 15 is 0 Å². The van der Waals surface area contributed by atoms with Crippen LogP contribution in [0.1, 0.15) is 37.7 Å². The molecule has 0 radical (unpaired) electrons. The summed E-state index contributed by atoms with van der Waals surface area (Å²) in [5.74, 6) is 0.718. The van der Waals surface area contributed by atoms with Crippen molar-refractivity contribution in [1.29, 1.82) is 0 Å². The van der Waals surface area contributed by atoms with E-state index in [4.69, 9.17) is 4.74 Å². The van der Waals surface area contributed by atoms with Gasteiger partial charge in [0.05, 0.1) is 6.10 Å². The van der Waals surface area contributed by atoms with Crippen LogP contribution in [0.25, 0.3) is 0 Å². The molecule has 2 fully saturated rings. The Morgan fingerprint density at radius 2 is 1.93 bits per heavy atom. The Balaban J connectivity index is 1.62. The van der Waals surface area contributed by atoms with Gasteiger partial charge in [-0.3, -0.25) is 4.79 Å². The molecule has 6 heteroatoms. The van der Waals surface area contributed by atoms with Crippen molar-refractivity contribution in [2.75, 3.05) is 39.1 Å². The minimum absolute atomic E-state index is 0.0659. The maximum Gasteiger partial charge on any atom is 0.321 e. The Labute approximate surface area is 161 Å². The van der Waals surface area contributed by atoms with Crippen LogP contribution >= 0.6 is 0 Å². The normalized spacial score (nSPS) is 19.0. The zero-order valence-electron chi connectivity index (χ0n) is 16.4. The standard InChI is InChI=1S/C21H31N3O3/c1-23(2)20(25)12-11-17-6-3-4-8-19(17)22-21(26)24(14-16-9-10-16)15-18-7-5-13-27-18/h3-4,6,8,16,18H,5,7,9-15H2,1-2H3,(H,22,26). The monoisotopic (exact) mass is 373 g/mol. The molecule has 1 unspecified atom stereocenters. The van der Waals surface area contributed by atoms with Gasteiger partial charge in [-0.05, 0) is 49.7 Å². The summed E-state index contributed by atoms with van der Waals surface area (Å²) in [7, 11) is 3.52. The van der Waals surface area contributed by atoms with Crippen molar-refractivity contribution in [2.24, 2.45) is 5.92 Å². The van der Waals surface area contributed by atoms with E-state index in [0.29, 0.717) is 25.3 Å². The van der Waals surface area contributed by atoms with E-state index in [1.807, 2.05) is 29.2 Å². The largest absolute Gasteiger partial charge is 0.376 e. The maximum atomic E-state index is 12.9. The third-order valence-corrected chi connectivity index (χ3v) is 5.28. The number of aryl methyl sites for hydroxylation is 1. The van der Waals surface area contributed by atoms with Crippen molar-refractivity contribution in [3.63, 3.8) is 0 Å². The number of ether oxygens (including phenoxy) is 1. The number of urea groups is 1. The fraction of sp³-hybridized carbons (Fsp3) is 0.619. The first-order valence-electron chi connectivity index (χ1n) is 9.98. The highest BCUT2D eigenvalue weighted by Crippen LogP contribution is 2.30. The number of rotatable bonds is 8. The Kier molecular flexibility index (Phi) is 6.72. The van der Waals surface area contributed by atoms with Crippen LogP contribution in [0.3, 0.4) is 0 Å². The van der Waals surface area contributed by atoms with E-state index in [0.717, 1.165) is 37.2 Å². The molecular weight excluding hydrogens is 342 g/mol. The van der Waals surface area contributed by atoms with Crippen LogP contribution in [0.2, 0.25) is 0 Å². The first-order valence-corrected chi connectivity index (χ1v) is 9.98. The molecule has 1 saturated heterocycles. The number of nitrogens with one attached hydrogen (secondary N) is 1. The fourth-order valence-electron chi connectivity index (χ4n) is 3.41. The lowest BCUT2D eigenvalue weighted by Gasteiger charge is -2.26. The Hall–Kier alpha value is -2.08. The van der Waals surface area contributed by atoms with Gasteiger partial charge in [0.1, 0.15) is 0 Å². The van der Waals surface area contributed by atoms with Crippen molar-refractivity contribution in [3.05, 3.63) is 29.8 Å². The fourth-order valence-corrected chi connectivity index (χ4v) is 3.41. The molecule has 6 nitrogen and oxygen atoms in total. The topological polar surface area (TPSA) is 61.9 Å². The maximum absolute atomic E-state index is 12.9. The third kappa shape index (κ3) is 5.96. The van der Waals surface area contributed by atoms with Gasteiger partial charge in [0.25, 0.3) is 0 Å². The van der Waals surface area contributed by atoms with Crippen LogP contribution in [0.15, 0.2) is 24.3 Å². The number of nitrogens with zero attached hydrogens (tertiary/aromatic N) is 2. The molecule has 1 aliphatic heterocycles. The molecule has 1 atom stereocenters. The third-order valence-electron chi connectivity index (χ3n) is 5.28. The van der Waals surface area contributed by atoms with Crippen molar-refractivity contribution in [3.8, 4) is 0 Å².